The van der Waals surface area contributed by atoms with Gasteiger partial charge in [0.25, 0.3) is 0 Å². The Balaban J connectivity index is 1.78. The normalized spacial score (nSPS) is 37.0. The van der Waals surface area contributed by atoms with Gasteiger partial charge in [0, 0.05) is 24.0 Å². The average molecular weight is 277 g/mol. The van der Waals surface area contributed by atoms with Crippen molar-refractivity contribution in [2.45, 2.75) is 44.6 Å². The summed E-state index contributed by atoms with van der Waals surface area (Å²) in [5, 5.41) is 1.08. The molecule has 2 atom stereocenters. The second-order valence-corrected chi connectivity index (χ2v) is 5.52. The maximum atomic E-state index is 5.68. The third-order valence-corrected chi connectivity index (χ3v) is 4.90. The Morgan fingerprint density at radius 3 is 2.80 bits per heavy atom. The quantitative estimate of drug-likeness (QED) is 0.735. The zero-order valence-corrected chi connectivity index (χ0v) is 10.9. The lowest BCUT2D eigenvalue weighted by Gasteiger charge is -2.36. The molecule has 0 saturated carbocycles. The maximum absolute atomic E-state index is 5.68. The van der Waals surface area contributed by atoms with Gasteiger partial charge in [-0.1, -0.05) is 15.9 Å². The smallest absolute Gasteiger partial charge is 0.0576 e. The van der Waals surface area contributed by atoms with E-state index in [1.165, 1.54) is 38.5 Å². The first-order valence-corrected chi connectivity index (χ1v) is 7.22. The van der Waals surface area contributed by atoms with Gasteiger partial charge in [0.15, 0.2) is 0 Å². The molecule has 0 aliphatic carbocycles. The fourth-order valence-corrected chi connectivity index (χ4v) is 3.34. The molecule has 2 rings (SSSR count). The number of rotatable bonds is 4. The van der Waals surface area contributed by atoms with Gasteiger partial charge >= 0.3 is 0 Å². The molecule has 2 aliphatic heterocycles. The summed E-state index contributed by atoms with van der Waals surface area (Å²) in [6, 6.07) is 0. The molecule has 0 bridgehead atoms. The van der Waals surface area contributed by atoms with Gasteiger partial charge in [-0.3, -0.25) is 0 Å². The minimum Gasteiger partial charge on any atom is -0.381 e. The lowest BCUT2D eigenvalue weighted by molar-refractivity contribution is -0.00790. The fraction of sp³-hybridized carbons (Fsp3) is 1.00. The first kappa shape index (κ1) is 11.9. The monoisotopic (exact) mass is 276 g/mol. The Hall–Kier alpha value is 0.400. The predicted octanol–water partition coefficient (Wildman–Crippen LogP) is 3.14. The molecule has 0 N–H and O–H groups in total. The van der Waals surface area contributed by atoms with Crippen LogP contribution in [0.25, 0.3) is 0 Å². The fourth-order valence-electron chi connectivity index (χ4n) is 2.62. The van der Waals surface area contributed by atoms with Gasteiger partial charge in [-0.15, -0.1) is 0 Å². The van der Waals surface area contributed by atoms with E-state index in [0.29, 0.717) is 11.5 Å². The van der Waals surface area contributed by atoms with E-state index in [2.05, 4.69) is 15.9 Å². The van der Waals surface area contributed by atoms with Crippen LogP contribution in [-0.4, -0.2) is 31.3 Å². The van der Waals surface area contributed by atoms with Crippen LogP contribution in [0.1, 0.15) is 38.5 Å². The Kier molecular flexibility index (Phi) is 4.47. The number of hydrogen-bond donors (Lipinski definition) is 0. The zero-order chi connectivity index (χ0) is 10.6. The summed E-state index contributed by atoms with van der Waals surface area (Å²) < 4.78 is 11.3. The van der Waals surface area contributed by atoms with Crippen LogP contribution in [0.3, 0.4) is 0 Å². The number of hydrogen-bond acceptors (Lipinski definition) is 2. The SMILES string of the molecule is BrCC1(CCC2CCCO2)CCCOC1. The van der Waals surface area contributed by atoms with Crippen molar-refractivity contribution in [3.05, 3.63) is 0 Å². The second-order valence-electron chi connectivity index (χ2n) is 4.96. The minimum atomic E-state index is 0.393. The molecule has 2 heterocycles. The Bertz CT molecular complexity index is 184. The zero-order valence-electron chi connectivity index (χ0n) is 9.34. The average Bonchev–Trinajstić information content (AvgIpc) is 2.81. The molecule has 2 saturated heterocycles. The molecule has 0 aromatic heterocycles. The molecule has 3 heteroatoms. The molecule has 2 fully saturated rings. The number of ether oxygens (including phenoxy) is 2. The van der Waals surface area contributed by atoms with Crippen LogP contribution >= 0.6 is 15.9 Å². The predicted molar refractivity (Wildman–Crippen MR) is 64.5 cm³/mol. The largest absolute Gasteiger partial charge is 0.381 e. The van der Waals surface area contributed by atoms with Crippen LogP contribution in [-0.2, 0) is 9.47 Å². The first-order chi connectivity index (χ1) is 7.35. The highest BCUT2D eigenvalue weighted by Crippen LogP contribution is 2.36. The van der Waals surface area contributed by atoms with E-state index >= 15 is 0 Å². The van der Waals surface area contributed by atoms with Gasteiger partial charge in [0.2, 0.25) is 0 Å². The van der Waals surface area contributed by atoms with Crippen LogP contribution in [0.15, 0.2) is 0 Å². The number of alkyl halides is 1. The van der Waals surface area contributed by atoms with E-state index in [9.17, 15) is 0 Å². The molecule has 2 nitrogen and oxygen atoms in total. The topological polar surface area (TPSA) is 18.5 Å². The van der Waals surface area contributed by atoms with Gasteiger partial charge in [0.05, 0.1) is 12.7 Å². The van der Waals surface area contributed by atoms with Crippen molar-refractivity contribution in [1.29, 1.82) is 0 Å². The lowest BCUT2D eigenvalue weighted by atomic mass is 9.79. The summed E-state index contributed by atoms with van der Waals surface area (Å²) >= 11 is 3.66. The Morgan fingerprint density at radius 1 is 1.27 bits per heavy atom. The first-order valence-electron chi connectivity index (χ1n) is 6.10. The lowest BCUT2D eigenvalue weighted by Crippen LogP contribution is -2.34. The van der Waals surface area contributed by atoms with Crippen molar-refractivity contribution in [3.63, 3.8) is 0 Å². The molecule has 15 heavy (non-hydrogen) atoms. The Morgan fingerprint density at radius 2 is 2.20 bits per heavy atom. The van der Waals surface area contributed by atoms with E-state index in [1.807, 2.05) is 0 Å². The highest BCUT2D eigenvalue weighted by molar-refractivity contribution is 9.09. The van der Waals surface area contributed by atoms with Gasteiger partial charge < -0.3 is 9.47 Å². The summed E-state index contributed by atoms with van der Waals surface area (Å²) in [7, 11) is 0. The molecule has 0 radical (unpaired) electrons. The standard InChI is InChI=1S/C12H21BrO2/c13-9-12(5-2-7-14-10-12)6-4-11-3-1-8-15-11/h11H,1-10H2. The second kappa shape index (κ2) is 5.65. The van der Waals surface area contributed by atoms with Crippen LogP contribution in [0, 0.1) is 5.41 Å². The van der Waals surface area contributed by atoms with Gasteiger partial charge in [-0.05, 0) is 38.5 Å². The highest BCUT2D eigenvalue weighted by atomic mass is 79.9. The summed E-state index contributed by atoms with van der Waals surface area (Å²) in [6.07, 6.45) is 8.05. The minimum absolute atomic E-state index is 0.393. The van der Waals surface area contributed by atoms with Crippen molar-refractivity contribution in [2.75, 3.05) is 25.2 Å². The molecule has 2 unspecified atom stereocenters. The molecular formula is C12H21BrO2. The van der Waals surface area contributed by atoms with Crippen molar-refractivity contribution < 1.29 is 9.47 Å². The summed E-state index contributed by atoms with van der Waals surface area (Å²) in [4.78, 5) is 0. The van der Waals surface area contributed by atoms with Gasteiger partial charge in [0.1, 0.15) is 0 Å². The van der Waals surface area contributed by atoms with E-state index in [4.69, 9.17) is 9.47 Å². The van der Waals surface area contributed by atoms with Gasteiger partial charge in [-0.2, -0.15) is 0 Å². The van der Waals surface area contributed by atoms with Gasteiger partial charge in [-0.25, -0.2) is 0 Å². The van der Waals surface area contributed by atoms with Crippen molar-refractivity contribution in [1.82, 2.24) is 0 Å². The van der Waals surface area contributed by atoms with E-state index in [-0.39, 0.29) is 0 Å². The molecule has 0 aromatic carbocycles. The van der Waals surface area contributed by atoms with E-state index in [1.54, 1.807) is 0 Å². The van der Waals surface area contributed by atoms with E-state index in [0.717, 1.165) is 25.2 Å². The summed E-state index contributed by atoms with van der Waals surface area (Å²) in [5.41, 5.74) is 0.393. The van der Waals surface area contributed by atoms with Crippen LogP contribution in [0.5, 0.6) is 0 Å². The highest BCUT2D eigenvalue weighted by Gasteiger charge is 2.32. The summed E-state index contributed by atoms with van der Waals surface area (Å²) in [6.45, 7) is 2.86. The van der Waals surface area contributed by atoms with Crippen molar-refractivity contribution in [2.24, 2.45) is 5.41 Å². The molecule has 0 spiro atoms. The Labute approximate surface area is 101 Å². The third kappa shape index (κ3) is 3.18. The molecule has 88 valence electrons. The van der Waals surface area contributed by atoms with Crippen molar-refractivity contribution in [3.8, 4) is 0 Å². The maximum Gasteiger partial charge on any atom is 0.0576 e. The molecule has 0 amide bonds. The number of halogens is 1. The summed E-state index contributed by atoms with van der Waals surface area (Å²) in [5.74, 6) is 0. The van der Waals surface area contributed by atoms with Crippen molar-refractivity contribution >= 4 is 15.9 Å². The molecule has 0 aromatic rings. The molecular weight excluding hydrogens is 256 g/mol. The van der Waals surface area contributed by atoms with Crippen LogP contribution in [0.4, 0.5) is 0 Å². The van der Waals surface area contributed by atoms with Crippen LogP contribution < -0.4 is 0 Å². The van der Waals surface area contributed by atoms with E-state index < -0.39 is 0 Å². The molecule has 2 aliphatic rings. The van der Waals surface area contributed by atoms with Crippen LogP contribution in [0.2, 0.25) is 0 Å². The third-order valence-electron chi connectivity index (χ3n) is 3.71.